The van der Waals surface area contributed by atoms with Crippen LogP contribution in [0.25, 0.3) is 10.2 Å². The number of hydrogen-bond acceptors (Lipinski definition) is 5. The largest absolute Gasteiger partial charge is 0.497 e. The Kier molecular flexibility index (Phi) is 5.53. The molecule has 6 heteroatoms. The zero-order chi connectivity index (χ0) is 18.7. The van der Waals surface area contributed by atoms with Crippen LogP contribution in [0.4, 0.5) is 5.13 Å². The molecule has 0 aliphatic heterocycles. The maximum absolute atomic E-state index is 12.2. The van der Waals surface area contributed by atoms with Crippen LogP contribution in [0.1, 0.15) is 26.3 Å². The van der Waals surface area contributed by atoms with Crippen LogP contribution in [-0.4, -0.2) is 23.8 Å². The summed E-state index contributed by atoms with van der Waals surface area (Å²) in [5.41, 5.74) is 2.28. The van der Waals surface area contributed by atoms with Gasteiger partial charge in [0.05, 0.1) is 23.1 Å². The lowest BCUT2D eigenvalue weighted by Gasteiger charge is -2.19. The number of fused-ring (bicyclic) bond motifs is 1. The molecule has 0 fully saturated rings. The molecule has 0 saturated carbocycles. The van der Waals surface area contributed by atoms with Gasteiger partial charge in [-0.3, -0.25) is 4.79 Å². The lowest BCUT2D eigenvalue weighted by molar-refractivity contribution is -0.113. The van der Waals surface area contributed by atoms with Gasteiger partial charge in [0.25, 0.3) is 0 Å². The first-order valence-electron chi connectivity index (χ1n) is 8.33. The molecule has 0 bridgehead atoms. The number of amides is 1. The van der Waals surface area contributed by atoms with E-state index >= 15 is 0 Å². The monoisotopic (exact) mass is 386 g/mol. The molecule has 3 aromatic rings. The Morgan fingerprint density at radius 2 is 1.92 bits per heavy atom. The standard InChI is InChI=1S/C20H22N2O2S2/c1-20(2,3)13-5-8-15(9-6-13)25-12-18(23)22-19-21-16-10-7-14(24-4)11-17(16)26-19/h5-11H,12H2,1-4H3,(H,21,22,23). The third kappa shape index (κ3) is 4.56. The van der Waals surface area contributed by atoms with Crippen molar-refractivity contribution in [3.8, 4) is 5.75 Å². The highest BCUT2D eigenvalue weighted by Crippen LogP contribution is 2.30. The molecule has 0 radical (unpaired) electrons. The summed E-state index contributed by atoms with van der Waals surface area (Å²) in [4.78, 5) is 17.8. The predicted molar refractivity (Wildman–Crippen MR) is 111 cm³/mol. The van der Waals surface area contributed by atoms with Gasteiger partial charge >= 0.3 is 0 Å². The molecule has 0 aliphatic carbocycles. The molecule has 1 N–H and O–H groups in total. The van der Waals surface area contributed by atoms with Gasteiger partial charge in [0.15, 0.2) is 5.13 Å². The van der Waals surface area contributed by atoms with Crippen LogP contribution >= 0.6 is 23.1 Å². The van der Waals surface area contributed by atoms with Crippen molar-refractivity contribution in [2.24, 2.45) is 0 Å². The van der Waals surface area contributed by atoms with E-state index in [4.69, 9.17) is 4.74 Å². The average molecular weight is 387 g/mol. The molecule has 2 aromatic carbocycles. The Morgan fingerprint density at radius 1 is 1.19 bits per heavy atom. The number of nitrogens with zero attached hydrogens (tertiary/aromatic N) is 1. The number of rotatable bonds is 5. The van der Waals surface area contributed by atoms with Crippen LogP contribution in [0, 0.1) is 0 Å². The molecule has 0 spiro atoms. The van der Waals surface area contributed by atoms with E-state index in [1.807, 2.05) is 18.2 Å². The number of benzene rings is 2. The number of nitrogens with one attached hydrogen (secondary N) is 1. The Hall–Kier alpha value is -2.05. The summed E-state index contributed by atoms with van der Waals surface area (Å²) in [5, 5.41) is 3.49. The van der Waals surface area contributed by atoms with Crippen LogP contribution in [0.3, 0.4) is 0 Å². The summed E-state index contributed by atoms with van der Waals surface area (Å²) >= 11 is 2.97. The van der Waals surface area contributed by atoms with E-state index in [1.165, 1.54) is 28.7 Å². The fourth-order valence-electron chi connectivity index (χ4n) is 2.44. The topological polar surface area (TPSA) is 51.2 Å². The summed E-state index contributed by atoms with van der Waals surface area (Å²) in [6.07, 6.45) is 0. The van der Waals surface area contributed by atoms with Gasteiger partial charge in [-0.2, -0.15) is 0 Å². The van der Waals surface area contributed by atoms with Gasteiger partial charge in [0, 0.05) is 4.90 Å². The van der Waals surface area contributed by atoms with Gasteiger partial charge in [-0.05, 0) is 41.3 Å². The molecule has 0 atom stereocenters. The number of hydrogen-bond donors (Lipinski definition) is 1. The van der Waals surface area contributed by atoms with Gasteiger partial charge in [-0.25, -0.2) is 4.98 Å². The zero-order valence-corrected chi connectivity index (χ0v) is 17.0. The van der Waals surface area contributed by atoms with Gasteiger partial charge in [-0.1, -0.05) is 44.2 Å². The van der Waals surface area contributed by atoms with E-state index in [0.717, 1.165) is 20.9 Å². The van der Waals surface area contributed by atoms with Crippen molar-refractivity contribution in [1.29, 1.82) is 0 Å². The first kappa shape index (κ1) is 18.7. The molecule has 26 heavy (non-hydrogen) atoms. The Labute approximate surface area is 162 Å². The Bertz CT molecular complexity index is 912. The SMILES string of the molecule is COc1ccc2nc(NC(=O)CSc3ccc(C(C)(C)C)cc3)sc2c1. The summed E-state index contributed by atoms with van der Waals surface area (Å²) in [5.74, 6) is 1.09. The van der Waals surface area contributed by atoms with Crippen molar-refractivity contribution in [2.75, 3.05) is 18.2 Å². The van der Waals surface area contributed by atoms with E-state index < -0.39 is 0 Å². The minimum absolute atomic E-state index is 0.0547. The minimum atomic E-state index is -0.0547. The second-order valence-electron chi connectivity index (χ2n) is 6.96. The summed E-state index contributed by atoms with van der Waals surface area (Å²) in [6, 6.07) is 14.1. The number of thiazole rings is 1. The highest BCUT2D eigenvalue weighted by molar-refractivity contribution is 8.00. The third-order valence-electron chi connectivity index (χ3n) is 3.93. The Balaban J connectivity index is 1.59. The molecule has 1 amide bonds. The number of aromatic nitrogens is 1. The number of ether oxygens (including phenoxy) is 1. The molecule has 136 valence electrons. The minimum Gasteiger partial charge on any atom is -0.497 e. The van der Waals surface area contributed by atoms with E-state index in [9.17, 15) is 4.79 Å². The zero-order valence-electron chi connectivity index (χ0n) is 15.3. The fourth-order valence-corrected chi connectivity index (χ4v) is 4.05. The quantitative estimate of drug-likeness (QED) is 0.602. The van der Waals surface area contributed by atoms with Crippen molar-refractivity contribution < 1.29 is 9.53 Å². The predicted octanol–water partition coefficient (Wildman–Crippen LogP) is 5.33. The van der Waals surface area contributed by atoms with Gasteiger partial charge in [-0.15, -0.1) is 11.8 Å². The molecule has 1 heterocycles. The first-order chi connectivity index (χ1) is 12.3. The normalized spacial score (nSPS) is 11.5. The smallest absolute Gasteiger partial charge is 0.236 e. The number of carbonyl (C=O) groups is 1. The maximum Gasteiger partial charge on any atom is 0.236 e. The molecule has 4 nitrogen and oxygen atoms in total. The van der Waals surface area contributed by atoms with Crippen LogP contribution in [0.2, 0.25) is 0 Å². The van der Waals surface area contributed by atoms with Crippen LogP contribution in [0.15, 0.2) is 47.4 Å². The fraction of sp³-hybridized carbons (Fsp3) is 0.300. The highest BCUT2D eigenvalue weighted by atomic mass is 32.2. The molecule has 3 rings (SSSR count). The number of thioether (sulfide) groups is 1. The highest BCUT2D eigenvalue weighted by Gasteiger charge is 2.13. The van der Waals surface area contributed by atoms with E-state index in [1.54, 1.807) is 7.11 Å². The van der Waals surface area contributed by atoms with Crippen molar-refractivity contribution in [1.82, 2.24) is 4.98 Å². The lowest BCUT2D eigenvalue weighted by atomic mass is 9.87. The van der Waals surface area contributed by atoms with Crippen LogP contribution < -0.4 is 10.1 Å². The van der Waals surface area contributed by atoms with Crippen LogP contribution in [0.5, 0.6) is 5.75 Å². The van der Waals surface area contributed by atoms with Crippen molar-refractivity contribution in [3.05, 3.63) is 48.0 Å². The van der Waals surface area contributed by atoms with Gasteiger partial charge < -0.3 is 10.1 Å². The van der Waals surface area contributed by atoms with Gasteiger partial charge in [0.2, 0.25) is 5.91 Å². The molecule has 0 unspecified atom stereocenters. The molecule has 0 saturated heterocycles. The Morgan fingerprint density at radius 3 is 2.58 bits per heavy atom. The second kappa shape index (κ2) is 7.68. The second-order valence-corrected chi connectivity index (χ2v) is 9.04. The van der Waals surface area contributed by atoms with Crippen molar-refractivity contribution in [2.45, 2.75) is 31.1 Å². The summed E-state index contributed by atoms with van der Waals surface area (Å²) < 4.78 is 6.21. The van der Waals surface area contributed by atoms with Crippen LogP contribution in [-0.2, 0) is 10.2 Å². The summed E-state index contributed by atoms with van der Waals surface area (Å²) in [6.45, 7) is 6.57. The summed E-state index contributed by atoms with van der Waals surface area (Å²) in [7, 11) is 1.64. The number of methoxy groups -OCH3 is 1. The maximum atomic E-state index is 12.2. The van der Waals surface area contributed by atoms with E-state index in [0.29, 0.717) is 10.9 Å². The van der Waals surface area contributed by atoms with E-state index in [-0.39, 0.29) is 11.3 Å². The lowest BCUT2D eigenvalue weighted by Crippen LogP contribution is -2.13. The van der Waals surface area contributed by atoms with E-state index in [2.05, 4.69) is 55.3 Å². The third-order valence-corrected chi connectivity index (χ3v) is 5.88. The number of carbonyl (C=O) groups excluding carboxylic acids is 1. The van der Waals surface area contributed by atoms with Crippen molar-refractivity contribution >= 4 is 44.4 Å². The molecule has 1 aromatic heterocycles. The first-order valence-corrected chi connectivity index (χ1v) is 10.1. The molecular weight excluding hydrogens is 364 g/mol. The van der Waals surface area contributed by atoms with Gasteiger partial charge in [0.1, 0.15) is 5.75 Å². The average Bonchev–Trinajstić information content (AvgIpc) is 3.00. The number of anilines is 1. The molecular formula is C20H22N2O2S2. The van der Waals surface area contributed by atoms with Crippen molar-refractivity contribution in [3.63, 3.8) is 0 Å². The molecule has 0 aliphatic rings.